The van der Waals surface area contributed by atoms with Gasteiger partial charge in [0, 0.05) is 19.0 Å². The van der Waals surface area contributed by atoms with Gasteiger partial charge >= 0.3 is 0 Å². The summed E-state index contributed by atoms with van der Waals surface area (Å²) in [7, 11) is 0. The maximum absolute atomic E-state index is 5.20. The number of hydrogen-bond acceptors (Lipinski definition) is 8. The van der Waals surface area contributed by atoms with E-state index in [2.05, 4.69) is 35.7 Å². The minimum atomic E-state index is 0.372. The predicted molar refractivity (Wildman–Crippen MR) is 93.0 cm³/mol. The molecule has 1 atom stereocenters. The average molecular weight is 344 g/mol. The molecule has 1 aliphatic heterocycles. The van der Waals surface area contributed by atoms with Crippen molar-refractivity contribution >= 4 is 27.4 Å². The quantitative estimate of drug-likeness (QED) is 0.762. The van der Waals surface area contributed by atoms with E-state index in [1.54, 1.807) is 17.7 Å². The highest BCUT2D eigenvalue weighted by Gasteiger charge is 2.22. The Balaban J connectivity index is 1.42. The summed E-state index contributed by atoms with van der Waals surface area (Å²) in [6.45, 7) is 4.77. The van der Waals surface area contributed by atoms with Crippen molar-refractivity contribution in [2.75, 3.05) is 18.4 Å². The molecular weight excluding hydrogens is 324 g/mol. The van der Waals surface area contributed by atoms with Gasteiger partial charge < -0.3 is 9.84 Å². The monoisotopic (exact) mass is 344 g/mol. The molecule has 1 N–H and O–H groups in total. The van der Waals surface area contributed by atoms with Gasteiger partial charge in [-0.15, -0.1) is 11.3 Å². The van der Waals surface area contributed by atoms with E-state index in [0.717, 1.165) is 60.8 Å². The summed E-state index contributed by atoms with van der Waals surface area (Å²) in [5, 5.41) is 9.71. The second-order valence-electron chi connectivity index (χ2n) is 6.03. The second kappa shape index (κ2) is 6.82. The number of nitrogens with one attached hydrogen (secondary N) is 1. The summed E-state index contributed by atoms with van der Waals surface area (Å²) in [6, 6.07) is 2.40. The number of hydrogen-bond donors (Lipinski definition) is 1. The first-order valence-corrected chi connectivity index (χ1v) is 9.18. The van der Waals surface area contributed by atoms with Gasteiger partial charge in [-0.05, 0) is 30.8 Å². The van der Waals surface area contributed by atoms with Crippen LogP contribution in [0.4, 0.5) is 5.82 Å². The normalized spacial score (nSPS) is 19.0. The highest BCUT2D eigenvalue weighted by molar-refractivity contribution is 7.17. The second-order valence-corrected chi connectivity index (χ2v) is 6.95. The lowest BCUT2D eigenvalue weighted by molar-refractivity contribution is 0.201. The maximum Gasteiger partial charge on any atom is 0.226 e. The molecule has 4 heterocycles. The molecular formula is C16H20N6OS. The summed E-state index contributed by atoms with van der Waals surface area (Å²) < 4.78 is 6.32. The van der Waals surface area contributed by atoms with Crippen LogP contribution in [0.3, 0.4) is 0 Å². The third-order valence-electron chi connectivity index (χ3n) is 4.27. The van der Waals surface area contributed by atoms with Crippen LogP contribution in [0.15, 0.2) is 22.3 Å². The lowest BCUT2D eigenvalue weighted by Crippen LogP contribution is -2.41. The molecule has 3 aromatic heterocycles. The van der Waals surface area contributed by atoms with Gasteiger partial charge in [-0.25, -0.2) is 9.97 Å². The third kappa shape index (κ3) is 3.25. The van der Waals surface area contributed by atoms with Crippen molar-refractivity contribution < 1.29 is 4.52 Å². The molecule has 0 aromatic carbocycles. The van der Waals surface area contributed by atoms with Crippen molar-refractivity contribution in [3.05, 3.63) is 29.5 Å². The van der Waals surface area contributed by atoms with Crippen molar-refractivity contribution in [1.82, 2.24) is 25.0 Å². The fourth-order valence-electron chi connectivity index (χ4n) is 3.10. The number of likely N-dealkylation sites (tertiary alicyclic amines) is 1. The van der Waals surface area contributed by atoms with E-state index in [9.17, 15) is 0 Å². The minimum absolute atomic E-state index is 0.372. The molecule has 24 heavy (non-hydrogen) atoms. The highest BCUT2D eigenvalue weighted by atomic mass is 32.1. The van der Waals surface area contributed by atoms with Crippen LogP contribution in [0.2, 0.25) is 0 Å². The standard InChI is InChI=1S/C16H20N6OS/c1-2-14-20-13(21-23-14)9-22-6-3-4-11(8-22)19-16-15-12(5-7-24-15)17-10-18-16/h5,7,10-11H,2-4,6,8-9H2,1H3,(H,17,18,19)/t11-/m0/s1. The van der Waals surface area contributed by atoms with Gasteiger partial charge in [0.05, 0.1) is 16.8 Å². The van der Waals surface area contributed by atoms with Gasteiger partial charge in [-0.3, -0.25) is 4.90 Å². The van der Waals surface area contributed by atoms with E-state index < -0.39 is 0 Å². The van der Waals surface area contributed by atoms with Crippen molar-refractivity contribution in [2.24, 2.45) is 0 Å². The number of nitrogens with zero attached hydrogens (tertiary/aromatic N) is 5. The number of fused-ring (bicyclic) bond motifs is 1. The first kappa shape index (κ1) is 15.5. The predicted octanol–water partition coefficient (Wildman–Crippen LogP) is 2.71. The lowest BCUT2D eigenvalue weighted by atomic mass is 10.1. The smallest absolute Gasteiger partial charge is 0.226 e. The molecule has 0 saturated carbocycles. The van der Waals surface area contributed by atoms with Crippen LogP contribution in [-0.4, -0.2) is 44.1 Å². The van der Waals surface area contributed by atoms with Crippen LogP contribution in [0.25, 0.3) is 10.2 Å². The van der Waals surface area contributed by atoms with Gasteiger partial charge in [0.15, 0.2) is 5.82 Å². The SMILES string of the molecule is CCc1nc(CN2CCC[C@H](Nc3ncnc4ccsc34)C2)no1. The number of piperidine rings is 1. The molecule has 1 fully saturated rings. The first-order chi connectivity index (χ1) is 11.8. The van der Waals surface area contributed by atoms with Gasteiger partial charge in [0.25, 0.3) is 0 Å². The molecule has 0 radical (unpaired) electrons. The van der Waals surface area contributed by atoms with Gasteiger partial charge in [0.1, 0.15) is 12.1 Å². The zero-order valence-corrected chi connectivity index (χ0v) is 14.4. The van der Waals surface area contributed by atoms with Crippen molar-refractivity contribution in [3.8, 4) is 0 Å². The summed E-state index contributed by atoms with van der Waals surface area (Å²) in [4.78, 5) is 15.5. The van der Waals surface area contributed by atoms with Crippen LogP contribution in [0.5, 0.6) is 0 Å². The number of aryl methyl sites for hydroxylation is 1. The molecule has 0 unspecified atom stereocenters. The molecule has 7 nitrogen and oxygen atoms in total. The molecule has 0 bridgehead atoms. The molecule has 3 aromatic rings. The lowest BCUT2D eigenvalue weighted by Gasteiger charge is -2.32. The summed E-state index contributed by atoms with van der Waals surface area (Å²) >= 11 is 1.68. The Labute approximate surface area is 144 Å². The molecule has 0 aliphatic carbocycles. The van der Waals surface area contributed by atoms with E-state index in [1.165, 1.54) is 0 Å². The molecule has 0 spiro atoms. The van der Waals surface area contributed by atoms with Crippen LogP contribution in [0, 0.1) is 0 Å². The molecule has 4 rings (SSSR count). The Bertz CT molecular complexity index is 816. The van der Waals surface area contributed by atoms with Crippen LogP contribution in [-0.2, 0) is 13.0 Å². The highest BCUT2D eigenvalue weighted by Crippen LogP contribution is 2.26. The third-order valence-corrected chi connectivity index (χ3v) is 5.18. The molecule has 1 saturated heterocycles. The van der Waals surface area contributed by atoms with Crippen LogP contribution in [0.1, 0.15) is 31.5 Å². The van der Waals surface area contributed by atoms with Crippen LogP contribution < -0.4 is 5.32 Å². The Hall–Kier alpha value is -2.06. The fourth-order valence-corrected chi connectivity index (χ4v) is 3.90. The van der Waals surface area contributed by atoms with E-state index in [-0.39, 0.29) is 0 Å². The fraction of sp³-hybridized carbons (Fsp3) is 0.500. The number of anilines is 1. The molecule has 126 valence electrons. The molecule has 8 heteroatoms. The average Bonchev–Trinajstić information content (AvgIpc) is 3.24. The Morgan fingerprint density at radius 3 is 3.25 bits per heavy atom. The number of rotatable bonds is 5. The summed E-state index contributed by atoms with van der Waals surface area (Å²) in [6.07, 6.45) is 4.69. The van der Waals surface area contributed by atoms with Gasteiger partial charge in [0.2, 0.25) is 5.89 Å². The molecule has 0 amide bonds. The van der Waals surface area contributed by atoms with Crippen molar-refractivity contribution in [3.63, 3.8) is 0 Å². The number of aromatic nitrogens is 4. The summed E-state index contributed by atoms with van der Waals surface area (Å²) in [5.41, 5.74) is 1.00. The van der Waals surface area contributed by atoms with E-state index in [0.29, 0.717) is 11.9 Å². The van der Waals surface area contributed by atoms with E-state index in [1.807, 2.05) is 13.0 Å². The molecule has 1 aliphatic rings. The zero-order chi connectivity index (χ0) is 16.4. The maximum atomic E-state index is 5.20. The minimum Gasteiger partial charge on any atom is -0.365 e. The number of thiophene rings is 1. The van der Waals surface area contributed by atoms with Crippen molar-refractivity contribution in [1.29, 1.82) is 0 Å². The van der Waals surface area contributed by atoms with E-state index in [4.69, 9.17) is 4.52 Å². The van der Waals surface area contributed by atoms with E-state index >= 15 is 0 Å². The van der Waals surface area contributed by atoms with Crippen molar-refractivity contribution in [2.45, 2.75) is 38.8 Å². The van der Waals surface area contributed by atoms with Crippen LogP contribution >= 0.6 is 11.3 Å². The van der Waals surface area contributed by atoms with Gasteiger partial charge in [-0.2, -0.15) is 4.98 Å². The Morgan fingerprint density at radius 2 is 2.38 bits per heavy atom. The van der Waals surface area contributed by atoms with Gasteiger partial charge in [-0.1, -0.05) is 12.1 Å². The Kier molecular flexibility index (Phi) is 4.40. The zero-order valence-electron chi connectivity index (χ0n) is 13.6. The Morgan fingerprint density at radius 1 is 1.42 bits per heavy atom. The first-order valence-electron chi connectivity index (χ1n) is 8.30. The summed E-state index contributed by atoms with van der Waals surface area (Å²) in [5.74, 6) is 2.42. The topological polar surface area (TPSA) is 80.0 Å². The largest absolute Gasteiger partial charge is 0.365 e.